The molecule has 1 aromatic rings. The quantitative estimate of drug-likeness (QED) is 0.753. The highest BCUT2D eigenvalue weighted by atomic mass is 16.1. The minimum atomic E-state index is -0.845. The van der Waals surface area contributed by atoms with Crippen LogP contribution >= 0.6 is 0 Å². The Balaban J connectivity index is 2.28. The molecule has 1 aliphatic carbocycles. The second-order valence-corrected chi connectivity index (χ2v) is 4.12. The Kier molecular flexibility index (Phi) is 2.44. The van der Waals surface area contributed by atoms with Crippen molar-refractivity contribution in [3.05, 3.63) is 30.1 Å². The molecule has 0 saturated heterocycles. The SMILES string of the molecule is CC(NC1CC1)(C(N)=O)c1ccccn1. The fourth-order valence-corrected chi connectivity index (χ4v) is 1.57. The molecule has 15 heavy (non-hydrogen) atoms. The largest absolute Gasteiger partial charge is 0.368 e. The Morgan fingerprint density at radius 3 is 2.80 bits per heavy atom. The Morgan fingerprint density at radius 2 is 2.33 bits per heavy atom. The predicted octanol–water partition coefficient (Wildman–Crippen LogP) is 0.534. The van der Waals surface area contributed by atoms with Gasteiger partial charge in [0.15, 0.2) is 0 Å². The van der Waals surface area contributed by atoms with E-state index in [1.54, 1.807) is 13.1 Å². The number of hydrogen-bond acceptors (Lipinski definition) is 3. The molecule has 1 fully saturated rings. The van der Waals surface area contributed by atoms with E-state index in [1.807, 2.05) is 18.2 Å². The normalized spacial score (nSPS) is 19.5. The van der Waals surface area contributed by atoms with E-state index >= 15 is 0 Å². The van der Waals surface area contributed by atoms with Gasteiger partial charge in [-0.15, -0.1) is 0 Å². The van der Waals surface area contributed by atoms with Gasteiger partial charge in [0.25, 0.3) is 0 Å². The average molecular weight is 205 g/mol. The minimum Gasteiger partial charge on any atom is -0.368 e. The van der Waals surface area contributed by atoms with Crippen LogP contribution in [0.1, 0.15) is 25.5 Å². The van der Waals surface area contributed by atoms with Crippen molar-refractivity contribution < 1.29 is 4.79 Å². The first kappa shape index (κ1) is 10.1. The second kappa shape index (κ2) is 3.62. The number of aromatic nitrogens is 1. The van der Waals surface area contributed by atoms with Gasteiger partial charge in [-0.05, 0) is 31.9 Å². The Bertz CT molecular complexity index is 361. The molecule has 0 aromatic carbocycles. The highest BCUT2D eigenvalue weighted by molar-refractivity contribution is 5.85. The van der Waals surface area contributed by atoms with Gasteiger partial charge in [-0.1, -0.05) is 6.07 Å². The maximum absolute atomic E-state index is 11.5. The van der Waals surface area contributed by atoms with E-state index in [4.69, 9.17) is 5.73 Å². The molecule has 0 aliphatic heterocycles. The summed E-state index contributed by atoms with van der Waals surface area (Å²) in [5, 5.41) is 3.25. The van der Waals surface area contributed by atoms with Crippen molar-refractivity contribution in [2.75, 3.05) is 0 Å². The predicted molar refractivity (Wildman–Crippen MR) is 56.9 cm³/mol. The van der Waals surface area contributed by atoms with Crippen molar-refractivity contribution in [1.82, 2.24) is 10.3 Å². The molecule has 1 unspecified atom stereocenters. The van der Waals surface area contributed by atoms with Crippen molar-refractivity contribution in [3.8, 4) is 0 Å². The molecule has 4 heteroatoms. The van der Waals surface area contributed by atoms with Gasteiger partial charge in [-0.2, -0.15) is 0 Å². The minimum absolute atomic E-state index is 0.381. The van der Waals surface area contributed by atoms with Gasteiger partial charge >= 0.3 is 0 Å². The van der Waals surface area contributed by atoms with Gasteiger partial charge in [0, 0.05) is 12.2 Å². The number of primary amides is 1. The van der Waals surface area contributed by atoms with Crippen LogP contribution in [0.15, 0.2) is 24.4 Å². The van der Waals surface area contributed by atoms with Crippen molar-refractivity contribution in [1.29, 1.82) is 0 Å². The highest BCUT2D eigenvalue weighted by Gasteiger charge is 2.39. The van der Waals surface area contributed by atoms with Gasteiger partial charge < -0.3 is 5.73 Å². The number of nitrogens with one attached hydrogen (secondary N) is 1. The van der Waals surface area contributed by atoms with Gasteiger partial charge in [0.1, 0.15) is 5.54 Å². The molecule has 1 saturated carbocycles. The molecule has 1 heterocycles. The summed E-state index contributed by atoms with van der Waals surface area (Å²) < 4.78 is 0. The Morgan fingerprint density at radius 1 is 1.60 bits per heavy atom. The van der Waals surface area contributed by atoms with E-state index in [1.165, 1.54) is 0 Å². The molecule has 0 radical (unpaired) electrons. The van der Waals surface area contributed by atoms with Crippen LogP contribution in [0.2, 0.25) is 0 Å². The van der Waals surface area contributed by atoms with Crippen molar-refractivity contribution in [2.24, 2.45) is 5.73 Å². The fraction of sp³-hybridized carbons (Fsp3) is 0.455. The molecule has 1 aliphatic rings. The summed E-state index contributed by atoms with van der Waals surface area (Å²) in [5.41, 5.74) is 5.28. The summed E-state index contributed by atoms with van der Waals surface area (Å²) in [6, 6.07) is 5.91. The molecular weight excluding hydrogens is 190 g/mol. The molecule has 1 amide bonds. The highest BCUT2D eigenvalue weighted by Crippen LogP contribution is 2.27. The monoisotopic (exact) mass is 205 g/mol. The summed E-state index contributed by atoms with van der Waals surface area (Å²) in [4.78, 5) is 15.7. The van der Waals surface area contributed by atoms with Crippen molar-refractivity contribution >= 4 is 5.91 Å². The van der Waals surface area contributed by atoms with Crippen LogP contribution in [0.5, 0.6) is 0 Å². The van der Waals surface area contributed by atoms with Gasteiger partial charge in [0.05, 0.1) is 5.69 Å². The summed E-state index contributed by atoms with van der Waals surface area (Å²) in [6.07, 6.45) is 3.89. The molecule has 80 valence electrons. The molecule has 1 atom stereocenters. The molecule has 1 aromatic heterocycles. The Hall–Kier alpha value is -1.42. The summed E-state index contributed by atoms with van der Waals surface area (Å²) in [6.45, 7) is 1.79. The maximum Gasteiger partial charge on any atom is 0.243 e. The zero-order chi connectivity index (χ0) is 10.9. The number of nitrogens with two attached hydrogens (primary N) is 1. The fourth-order valence-electron chi connectivity index (χ4n) is 1.57. The van der Waals surface area contributed by atoms with Crippen LogP contribution < -0.4 is 11.1 Å². The molecule has 0 bridgehead atoms. The number of nitrogens with zero attached hydrogens (tertiary/aromatic N) is 1. The molecule has 2 rings (SSSR count). The number of amides is 1. The summed E-state index contributed by atoms with van der Waals surface area (Å²) >= 11 is 0. The van der Waals surface area contributed by atoms with E-state index in [2.05, 4.69) is 10.3 Å². The lowest BCUT2D eigenvalue weighted by molar-refractivity contribution is -0.124. The van der Waals surface area contributed by atoms with Crippen LogP contribution in [-0.2, 0) is 10.3 Å². The summed E-state index contributed by atoms with van der Waals surface area (Å²) in [7, 11) is 0. The van der Waals surface area contributed by atoms with Gasteiger partial charge in [-0.25, -0.2) is 0 Å². The zero-order valence-electron chi connectivity index (χ0n) is 8.73. The average Bonchev–Trinajstić information content (AvgIpc) is 3.02. The lowest BCUT2D eigenvalue weighted by Crippen LogP contribution is -2.51. The van der Waals surface area contributed by atoms with E-state index in [-0.39, 0.29) is 5.91 Å². The third-order valence-electron chi connectivity index (χ3n) is 2.74. The lowest BCUT2D eigenvalue weighted by Gasteiger charge is -2.26. The Labute approximate surface area is 88.9 Å². The number of carbonyl (C=O) groups is 1. The molecule has 3 N–H and O–H groups in total. The first-order valence-electron chi connectivity index (χ1n) is 5.12. The van der Waals surface area contributed by atoms with E-state index in [9.17, 15) is 4.79 Å². The van der Waals surface area contributed by atoms with Gasteiger partial charge in [0.2, 0.25) is 5.91 Å². The van der Waals surface area contributed by atoms with E-state index < -0.39 is 5.54 Å². The first-order chi connectivity index (χ1) is 7.13. The topological polar surface area (TPSA) is 68.0 Å². The molecule has 0 spiro atoms. The first-order valence-corrected chi connectivity index (χ1v) is 5.12. The molecule has 4 nitrogen and oxygen atoms in total. The molecular formula is C11H15N3O. The van der Waals surface area contributed by atoms with E-state index in [0.717, 1.165) is 12.8 Å². The third kappa shape index (κ3) is 1.99. The maximum atomic E-state index is 11.5. The van der Waals surface area contributed by atoms with Crippen molar-refractivity contribution in [2.45, 2.75) is 31.3 Å². The van der Waals surface area contributed by atoms with Crippen LogP contribution in [0.4, 0.5) is 0 Å². The summed E-state index contributed by atoms with van der Waals surface area (Å²) in [5.74, 6) is -0.381. The smallest absolute Gasteiger partial charge is 0.243 e. The van der Waals surface area contributed by atoms with Crippen LogP contribution in [0.25, 0.3) is 0 Å². The standard InChI is InChI=1S/C11H15N3O/c1-11(10(12)15,14-8-5-6-8)9-4-2-3-7-13-9/h2-4,7-8,14H,5-6H2,1H3,(H2,12,15). The van der Waals surface area contributed by atoms with Gasteiger partial charge in [-0.3, -0.25) is 15.1 Å². The second-order valence-electron chi connectivity index (χ2n) is 4.12. The lowest BCUT2D eigenvalue weighted by atomic mass is 9.96. The van der Waals surface area contributed by atoms with E-state index in [0.29, 0.717) is 11.7 Å². The number of hydrogen-bond donors (Lipinski definition) is 2. The van der Waals surface area contributed by atoms with Crippen LogP contribution in [-0.4, -0.2) is 16.9 Å². The van der Waals surface area contributed by atoms with Crippen LogP contribution in [0, 0.1) is 0 Å². The third-order valence-corrected chi connectivity index (χ3v) is 2.74. The number of rotatable bonds is 4. The van der Waals surface area contributed by atoms with Crippen molar-refractivity contribution in [3.63, 3.8) is 0 Å². The zero-order valence-corrected chi connectivity index (χ0v) is 8.73. The number of carbonyl (C=O) groups excluding carboxylic acids is 1. The number of pyridine rings is 1. The van der Waals surface area contributed by atoms with Crippen LogP contribution in [0.3, 0.4) is 0 Å².